The Balaban J connectivity index is 0. The second kappa shape index (κ2) is 8.81. The molecule has 2 nitrogen and oxygen atoms in total. The largest absolute Gasteiger partial charge is 0.458 e. The van der Waals surface area contributed by atoms with Gasteiger partial charge in [-0.05, 0) is 50.5 Å². The van der Waals surface area contributed by atoms with E-state index >= 15 is 0 Å². The van der Waals surface area contributed by atoms with E-state index in [-0.39, 0.29) is 16.9 Å². The highest BCUT2D eigenvalue weighted by molar-refractivity contribution is 6.84. The van der Waals surface area contributed by atoms with Gasteiger partial charge in [0.15, 0.2) is 25.7 Å². The smallest absolute Gasteiger partial charge is 0.186 e. The van der Waals surface area contributed by atoms with Crippen molar-refractivity contribution in [2.75, 3.05) is 7.11 Å². The lowest BCUT2D eigenvalue weighted by Gasteiger charge is -2.28. The van der Waals surface area contributed by atoms with Gasteiger partial charge in [0, 0.05) is 16.6 Å². The molecule has 6 heteroatoms. The van der Waals surface area contributed by atoms with E-state index in [4.69, 9.17) is 8.54 Å². The predicted molar refractivity (Wildman–Crippen MR) is 91.6 cm³/mol. The Morgan fingerprint density at radius 3 is 2.06 bits per heavy atom. The minimum atomic E-state index is -1.36. The summed E-state index contributed by atoms with van der Waals surface area (Å²) < 4.78 is 12.0. The molecule has 0 radical (unpaired) electrons. The van der Waals surface area contributed by atoms with Gasteiger partial charge in [0.2, 0.25) is 0 Å². The van der Waals surface area contributed by atoms with E-state index in [1.54, 1.807) is 0 Å². The molecule has 1 unspecified atom stereocenters. The zero-order valence-corrected chi connectivity index (χ0v) is 16.8. The molecule has 0 rings (SSSR count). The molecule has 0 aromatic heterocycles. The molecule has 0 aliphatic rings. The van der Waals surface area contributed by atoms with Gasteiger partial charge in [-0.15, -0.1) is 0 Å². The Bertz CT molecular complexity index is 198. The minimum Gasteiger partial charge on any atom is -0.458 e. The maximum absolute atomic E-state index is 6.40. The molecule has 0 saturated carbocycles. The summed E-state index contributed by atoms with van der Waals surface area (Å²) in [5, 5.41) is 0. The summed E-state index contributed by atoms with van der Waals surface area (Å²) in [7, 11) is -1.54. The van der Waals surface area contributed by atoms with E-state index in [9.17, 15) is 0 Å². The zero-order chi connectivity index (χ0) is 12.8. The number of hydrogen-bond acceptors (Lipinski definition) is 2. The summed E-state index contributed by atoms with van der Waals surface area (Å²) in [6.07, 6.45) is 0. The van der Waals surface area contributed by atoms with Crippen molar-refractivity contribution >= 4 is 35.2 Å². The Kier molecular flexibility index (Phi) is 10.4. The van der Waals surface area contributed by atoms with Gasteiger partial charge in [0.25, 0.3) is 0 Å². The normalized spacial score (nSPS) is 15.0. The summed E-state index contributed by atoms with van der Waals surface area (Å²) in [5.41, 5.74) is 1.44. The molecular weight excluding hydrogens is 276 g/mol. The first kappa shape index (κ1) is 20.1. The minimum absolute atomic E-state index is 0. The maximum atomic E-state index is 6.40. The molecule has 0 amide bonds. The molecule has 106 valence electrons. The molecule has 17 heavy (non-hydrogen) atoms. The van der Waals surface area contributed by atoms with Crippen LogP contribution < -0.4 is 0 Å². The highest BCUT2D eigenvalue weighted by Crippen LogP contribution is 2.18. The van der Waals surface area contributed by atoms with Crippen LogP contribution >= 0.6 is 0 Å². The lowest BCUT2D eigenvalue weighted by Crippen LogP contribution is -2.39. The number of rotatable bonds is 8. The Morgan fingerprint density at radius 2 is 1.65 bits per heavy atom. The third-order valence-corrected chi connectivity index (χ3v) is 18.3. The van der Waals surface area contributed by atoms with Gasteiger partial charge in [-0.2, -0.15) is 0 Å². The average molecular weight is 311 g/mol. The summed E-state index contributed by atoms with van der Waals surface area (Å²) >= 11 is 0. The molecule has 0 saturated heterocycles. The van der Waals surface area contributed by atoms with Crippen molar-refractivity contribution in [3.05, 3.63) is 0 Å². The molecule has 0 heterocycles. The van der Waals surface area contributed by atoms with Crippen LogP contribution in [0, 0.1) is 0 Å². The highest BCUT2D eigenvalue weighted by atomic mass is 28.4. The maximum Gasteiger partial charge on any atom is 0.186 e. The molecule has 0 bridgehead atoms. The van der Waals surface area contributed by atoms with Gasteiger partial charge in [-0.25, -0.2) is 0 Å². The van der Waals surface area contributed by atoms with Gasteiger partial charge in [0.05, 0.1) is 0 Å². The fraction of sp³-hybridized carbons (Fsp3) is 1.00. The Morgan fingerprint density at radius 1 is 1.12 bits per heavy atom. The number of hydrogen-bond donors (Lipinski definition) is 0. The van der Waals surface area contributed by atoms with Crippen LogP contribution in [0.15, 0.2) is 0 Å². The van der Waals surface area contributed by atoms with Crippen molar-refractivity contribution in [1.29, 1.82) is 0 Å². The van der Waals surface area contributed by atoms with Crippen LogP contribution in [0.3, 0.4) is 0 Å². The van der Waals surface area contributed by atoms with Gasteiger partial charge in [0.1, 0.15) is 0 Å². The van der Waals surface area contributed by atoms with Crippen molar-refractivity contribution in [3.63, 3.8) is 0 Å². The van der Waals surface area contributed by atoms with E-state index in [1.807, 2.05) is 7.11 Å². The summed E-state index contributed by atoms with van der Waals surface area (Å²) in [5.74, 6) is 0. The SMILES string of the molecule is C.CO[Si](C)(C)CC[SiH](C)O[Si](C)(C)C[SiH2]C. The second-order valence-corrected chi connectivity index (χ2v) is 20.0. The monoisotopic (exact) mass is 310 g/mol. The van der Waals surface area contributed by atoms with E-state index in [0.717, 1.165) is 0 Å². The van der Waals surface area contributed by atoms with Crippen LogP contribution in [0.2, 0.25) is 57.0 Å². The van der Waals surface area contributed by atoms with Gasteiger partial charge >= 0.3 is 0 Å². The van der Waals surface area contributed by atoms with Crippen molar-refractivity contribution in [3.8, 4) is 0 Å². The van der Waals surface area contributed by atoms with E-state index in [2.05, 4.69) is 39.3 Å². The van der Waals surface area contributed by atoms with Crippen LogP contribution in [-0.4, -0.2) is 42.3 Å². The van der Waals surface area contributed by atoms with Crippen LogP contribution in [0.5, 0.6) is 0 Å². The topological polar surface area (TPSA) is 18.5 Å². The lowest BCUT2D eigenvalue weighted by molar-refractivity contribution is 0.404. The standard InChI is InChI=1S/C10H30O2Si4.CH4/c1-11-15(4,5)9-8-14(3)12-16(6,7)10-13-2;/h14H,8-10,13H2,1-7H3;1H4. The van der Waals surface area contributed by atoms with Gasteiger partial charge < -0.3 is 8.54 Å². The van der Waals surface area contributed by atoms with Crippen LogP contribution in [-0.2, 0) is 8.54 Å². The first-order valence-electron chi connectivity index (χ1n) is 6.45. The Labute approximate surface area is 115 Å². The third-order valence-electron chi connectivity index (χ3n) is 3.08. The lowest BCUT2D eigenvalue weighted by atomic mass is 10.9. The third kappa shape index (κ3) is 10.4. The Hall–Kier alpha value is 0.788. The molecule has 0 aliphatic heterocycles. The molecule has 0 aromatic rings. The molecule has 0 N–H and O–H groups in total. The van der Waals surface area contributed by atoms with E-state index in [1.165, 1.54) is 17.8 Å². The quantitative estimate of drug-likeness (QED) is 0.641. The van der Waals surface area contributed by atoms with E-state index in [0.29, 0.717) is 0 Å². The first-order chi connectivity index (χ1) is 7.22. The van der Waals surface area contributed by atoms with E-state index < -0.39 is 25.7 Å². The van der Waals surface area contributed by atoms with Gasteiger partial charge in [-0.1, -0.05) is 14.0 Å². The fourth-order valence-corrected chi connectivity index (χ4v) is 17.7. The molecule has 1 atom stereocenters. The zero-order valence-electron chi connectivity index (χ0n) is 12.2. The molecule has 0 aromatic carbocycles. The average Bonchev–Trinajstić information content (AvgIpc) is 2.14. The van der Waals surface area contributed by atoms with Crippen molar-refractivity contribution in [2.24, 2.45) is 0 Å². The fourth-order valence-electron chi connectivity index (χ4n) is 1.92. The molecule has 0 spiro atoms. The molecular formula is C11H34O2Si4. The predicted octanol–water partition coefficient (Wildman–Crippen LogP) is 3.22. The van der Waals surface area contributed by atoms with Crippen LogP contribution in [0.25, 0.3) is 0 Å². The first-order valence-corrected chi connectivity index (χ1v) is 17.5. The second-order valence-electron chi connectivity index (χ2n) is 5.94. The van der Waals surface area contributed by atoms with Crippen molar-refractivity contribution < 1.29 is 8.54 Å². The van der Waals surface area contributed by atoms with Crippen LogP contribution in [0.4, 0.5) is 0 Å². The van der Waals surface area contributed by atoms with Gasteiger partial charge in [-0.3, -0.25) is 0 Å². The van der Waals surface area contributed by atoms with Crippen molar-refractivity contribution in [1.82, 2.24) is 0 Å². The summed E-state index contributed by atoms with van der Waals surface area (Å²) in [4.78, 5) is 0. The molecule has 0 fully saturated rings. The summed E-state index contributed by atoms with van der Waals surface area (Å²) in [6, 6.07) is 2.57. The van der Waals surface area contributed by atoms with Crippen molar-refractivity contribution in [2.45, 2.75) is 64.5 Å². The highest BCUT2D eigenvalue weighted by Gasteiger charge is 2.26. The summed E-state index contributed by atoms with van der Waals surface area (Å²) in [6.45, 7) is 14.2. The van der Waals surface area contributed by atoms with Crippen LogP contribution in [0.1, 0.15) is 7.43 Å². The molecule has 0 aliphatic carbocycles.